The second-order valence-corrected chi connectivity index (χ2v) is 4.44. The SMILES string of the molecule is Cc1nsc(NCCn2cc(Br)nn2)n1. The van der Waals surface area contributed by atoms with Crippen LogP contribution in [0.15, 0.2) is 10.8 Å². The van der Waals surface area contributed by atoms with Crippen molar-refractivity contribution in [3.63, 3.8) is 0 Å². The molecule has 0 radical (unpaired) electrons. The first kappa shape index (κ1) is 10.5. The van der Waals surface area contributed by atoms with Crippen LogP contribution < -0.4 is 5.32 Å². The van der Waals surface area contributed by atoms with Gasteiger partial charge < -0.3 is 5.32 Å². The zero-order chi connectivity index (χ0) is 10.7. The van der Waals surface area contributed by atoms with Crippen LogP contribution in [-0.2, 0) is 6.54 Å². The molecule has 0 fully saturated rings. The van der Waals surface area contributed by atoms with Gasteiger partial charge in [-0.05, 0) is 22.9 Å². The quantitative estimate of drug-likeness (QED) is 0.919. The fourth-order valence-electron chi connectivity index (χ4n) is 1.03. The van der Waals surface area contributed by atoms with Gasteiger partial charge in [0.2, 0.25) is 5.13 Å². The summed E-state index contributed by atoms with van der Waals surface area (Å²) in [5.41, 5.74) is 0. The van der Waals surface area contributed by atoms with E-state index in [9.17, 15) is 0 Å². The normalized spacial score (nSPS) is 10.5. The van der Waals surface area contributed by atoms with Gasteiger partial charge in [0.05, 0.1) is 12.7 Å². The number of hydrogen-bond acceptors (Lipinski definition) is 6. The zero-order valence-electron chi connectivity index (χ0n) is 8.01. The van der Waals surface area contributed by atoms with Crippen LogP contribution in [0.3, 0.4) is 0 Å². The topological polar surface area (TPSA) is 68.5 Å². The van der Waals surface area contributed by atoms with Crippen LogP contribution in [0, 0.1) is 6.92 Å². The molecule has 0 aliphatic carbocycles. The average Bonchev–Trinajstić information content (AvgIpc) is 2.76. The Labute approximate surface area is 99.0 Å². The van der Waals surface area contributed by atoms with Crippen molar-refractivity contribution in [1.29, 1.82) is 0 Å². The van der Waals surface area contributed by atoms with Gasteiger partial charge >= 0.3 is 0 Å². The summed E-state index contributed by atoms with van der Waals surface area (Å²) in [6.07, 6.45) is 1.83. The third-order valence-electron chi connectivity index (χ3n) is 1.66. The highest BCUT2D eigenvalue weighted by atomic mass is 79.9. The molecule has 0 bridgehead atoms. The van der Waals surface area contributed by atoms with E-state index in [0.717, 1.165) is 28.6 Å². The first-order chi connectivity index (χ1) is 7.24. The molecular weight excluding hydrogens is 280 g/mol. The van der Waals surface area contributed by atoms with Crippen molar-refractivity contribution in [1.82, 2.24) is 24.4 Å². The van der Waals surface area contributed by atoms with E-state index in [4.69, 9.17) is 0 Å². The van der Waals surface area contributed by atoms with Crippen LogP contribution in [0.5, 0.6) is 0 Å². The summed E-state index contributed by atoms with van der Waals surface area (Å²) in [6, 6.07) is 0. The Kier molecular flexibility index (Phi) is 3.27. The highest BCUT2D eigenvalue weighted by Gasteiger charge is 1.99. The molecule has 2 aromatic rings. The minimum absolute atomic E-state index is 0.745. The lowest BCUT2D eigenvalue weighted by Crippen LogP contribution is -2.10. The van der Waals surface area contributed by atoms with Crippen molar-refractivity contribution in [2.45, 2.75) is 13.5 Å². The number of aryl methyl sites for hydroxylation is 1. The summed E-state index contributed by atoms with van der Waals surface area (Å²) in [4.78, 5) is 4.19. The maximum absolute atomic E-state index is 4.19. The van der Waals surface area contributed by atoms with E-state index in [0.29, 0.717) is 0 Å². The largest absolute Gasteiger partial charge is 0.358 e. The summed E-state index contributed by atoms with van der Waals surface area (Å²) in [7, 11) is 0. The van der Waals surface area contributed by atoms with Crippen LogP contribution in [0.1, 0.15) is 5.82 Å². The molecule has 0 atom stereocenters. The molecule has 8 heteroatoms. The molecule has 15 heavy (non-hydrogen) atoms. The Bertz CT molecular complexity index is 398. The van der Waals surface area contributed by atoms with Gasteiger partial charge in [-0.3, -0.25) is 0 Å². The van der Waals surface area contributed by atoms with E-state index in [-0.39, 0.29) is 0 Å². The monoisotopic (exact) mass is 288 g/mol. The molecule has 0 aliphatic rings. The molecule has 6 nitrogen and oxygen atoms in total. The van der Waals surface area contributed by atoms with Crippen LogP contribution in [0.25, 0.3) is 0 Å². The van der Waals surface area contributed by atoms with E-state index in [1.165, 1.54) is 11.5 Å². The summed E-state index contributed by atoms with van der Waals surface area (Å²) in [5, 5.41) is 11.7. The van der Waals surface area contributed by atoms with E-state index in [2.05, 4.69) is 40.9 Å². The van der Waals surface area contributed by atoms with Gasteiger partial charge in [0.1, 0.15) is 10.4 Å². The lowest BCUT2D eigenvalue weighted by Gasteiger charge is -2.00. The number of aromatic nitrogens is 5. The molecule has 80 valence electrons. The average molecular weight is 289 g/mol. The fraction of sp³-hybridized carbons (Fsp3) is 0.429. The Hall–Kier alpha value is -1.02. The second-order valence-electron chi connectivity index (χ2n) is 2.88. The first-order valence-electron chi connectivity index (χ1n) is 4.34. The van der Waals surface area contributed by atoms with Crippen molar-refractivity contribution in [2.75, 3.05) is 11.9 Å². The molecule has 2 heterocycles. The molecule has 0 aromatic carbocycles. The van der Waals surface area contributed by atoms with Crippen LogP contribution >= 0.6 is 27.5 Å². The number of halogens is 1. The summed E-state index contributed by atoms with van der Waals surface area (Å²) >= 11 is 4.60. The Morgan fingerprint density at radius 2 is 2.47 bits per heavy atom. The summed E-state index contributed by atoms with van der Waals surface area (Å²) in [6.45, 7) is 3.37. The van der Waals surface area contributed by atoms with Crippen molar-refractivity contribution >= 4 is 32.6 Å². The summed E-state index contributed by atoms with van der Waals surface area (Å²) in [5.74, 6) is 0.797. The lowest BCUT2D eigenvalue weighted by molar-refractivity contribution is 0.608. The number of rotatable bonds is 4. The molecule has 2 rings (SSSR count). The fourth-order valence-corrected chi connectivity index (χ4v) is 1.94. The third-order valence-corrected chi connectivity index (χ3v) is 2.78. The van der Waals surface area contributed by atoms with Gasteiger partial charge in [-0.25, -0.2) is 9.67 Å². The van der Waals surface area contributed by atoms with Crippen LogP contribution in [0.4, 0.5) is 5.13 Å². The smallest absolute Gasteiger partial charge is 0.202 e. The molecule has 2 aromatic heterocycles. The number of nitrogens with one attached hydrogen (secondary N) is 1. The van der Waals surface area contributed by atoms with Crippen molar-refractivity contribution in [3.8, 4) is 0 Å². The van der Waals surface area contributed by atoms with Crippen molar-refractivity contribution in [2.24, 2.45) is 0 Å². The van der Waals surface area contributed by atoms with Crippen molar-refractivity contribution in [3.05, 3.63) is 16.6 Å². The standard InChI is InChI=1S/C7H9BrN6S/c1-5-10-7(15-12-5)9-2-3-14-4-6(8)11-13-14/h4H,2-3H2,1H3,(H,9,10,12). The molecular formula is C7H9BrN6S. The Balaban J connectivity index is 1.80. The van der Waals surface area contributed by atoms with Crippen LogP contribution in [0.2, 0.25) is 0 Å². The van der Waals surface area contributed by atoms with E-state index in [1.54, 1.807) is 4.68 Å². The molecule has 0 aliphatic heterocycles. The van der Waals surface area contributed by atoms with Gasteiger partial charge in [0, 0.05) is 18.1 Å². The maximum atomic E-state index is 4.19. The highest BCUT2D eigenvalue weighted by Crippen LogP contribution is 2.09. The zero-order valence-corrected chi connectivity index (χ0v) is 10.4. The van der Waals surface area contributed by atoms with Crippen molar-refractivity contribution < 1.29 is 0 Å². The summed E-state index contributed by atoms with van der Waals surface area (Å²) < 4.78 is 6.57. The third kappa shape index (κ3) is 2.96. The predicted molar refractivity (Wildman–Crippen MR) is 60.9 cm³/mol. The number of anilines is 1. The van der Waals surface area contributed by atoms with E-state index in [1.807, 2.05) is 13.1 Å². The van der Waals surface area contributed by atoms with E-state index < -0.39 is 0 Å². The van der Waals surface area contributed by atoms with Gasteiger partial charge in [-0.1, -0.05) is 5.21 Å². The highest BCUT2D eigenvalue weighted by molar-refractivity contribution is 9.10. The molecule has 0 amide bonds. The maximum Gasteiger partial charge on any atom is 0.202 e. The number of nitrogens with zero attached hydrogens (tertiary/aromatic N) is 5. The van der Waals surface area contributed by atoms with Gasteiger partial charge in [-0.15, -0.1) is 5.10 Å². The molecule has 1 N–H and O–H groups in total. The number of hydrogen-bond donors (Lipinski definition) is 1. The lowest BCUT2D eigenvalue weighted by atomic mass is 10.6. The van der Waals surface area contributed by atoms with Gasteiger partial charge in [0.25, 0.3) is 0 Å². The van der Waals surface area contributed by atoms with Crippen LogP contribution in [-0.4, -0.2) is 30.9 Å². The van der Waals surface area contributed by atoms with E-state index >= 15 is 0 Å². The predicted octanol–water partition coefficient (Wildman–Crippen LogP) is 1.31. The first-order valence-corrected chi connectivity index (χ1v) is 5.90. The van der Waals surface area contributed by atoms with Gasteiger partial charge in [0.15, 0.2) is 0 Å². The molecule has 0 unspecified atom stereocenters. The molecule has 0 spiro atoms. The minimum Gasteiger partial charge on any atom is -0.358 e. The second kappa shape index (κ2) is 4.67. The van der Waals surface area contributed by atoms with Gasteiger partial charge in [-0.2, -0.15) is 4.37 Å². The molecule has 0 saturated heterocycles. The minimum atomic E-state index is 0.745. The Morgan fingerprint density at radius 3 is 3.07 bits per heavy atom. The molecule has 0 saturated carbocycles. The Morgan fingerprint density at radius 1 is 1.60 bits per heavy atom.